The van der Waals surface area contributed by atoms with E-state index in [0.717, 1.165) is 30.1 Å². The van der Waals surface area contributed by atoms with Crippen LogP contribution in [0.5, 0.6) is 5.75 Å². The molecule has 0 bridgehead atoms. The third-order valence-electron chi connectivity index (χ3n) is 5.34. The van der Waals surface area contributed by atoms with E-state index < -0.39 is 0 Å². The summed E-state index contributed by atoms with van der Waals surface area (Å²) in [4.78, 5) is 15.4. The molecular weight excluding hydrogens is 376 g/mol. The highest BCUT2D eigenvalue weighted by Gasteiger charge is 2.20. The molecule has 1 N–H and O–H groups in total. The Balaban J connectivity index is 1.91. The Morgan fingerprint density at radius 1 is 1.10 bits per heavy atom. The molecule has 1 heterocycles. The van der Waals surface area contributed by atoms with Crippen molar-refractivity contribution in [3.63, 3.8) is 0 Å². The quantitative estimate of drug-likeness (QED) is 0.583. The lowest BCUT2D eigenvalue weighted by Crippen LogP contribution is -2.42. The van der Waals surface area contributed by atoms with Crippen LogP contribution in [0, 0.1) is 0 Å². The number of carbonyl (C=O) groups excluding carboxylic acids is 1. The molecule has 0 aliphatic rings. The van der Waals surface area contributed by atoms with Crippen molar-refractivity contribution in [2.24, 2.45) is 0 Å². The van der Waals surface area contributed by atoms with E-state index in [9.17, 15) is 4.79 Å². The molecule has 0 radical (unpaired) electrons. The van der Waals surface area contributed by atoms with Crippen molar-refractivity contribution in [1.29, 1.82) is 0 Å². The predicted octanol–water partition coefficient (Wildman–Crippen LogP) is 4.01. The number of nitrogens with zero attached hydrogens (tertiary/aromatic N) is 3. The molecule has 3 rings (SSSR count). The number of carbonyl (C=O) groups is 1. The van der Waals surface area contributed by atoms with Gasteiger partial charge in [-0.05, 0) is 56.4 Å². The van der Waals surface area contributed by atoms with E-state index in [4.69, 9.17) is 9.84 Å². The fourth-order valence-electron chi connectivity index (χ4n) is 3.53. The number of ether oxygens (including phenoxy) is 1. The first-order chi connectivity index (χ1) is 14.6. The first-order valence-electron chi connectivity index (χ1n) is 10.4. The fraction of sp³-hybridized carbons (Fsp3) is 0.333. The van der Waals surface area contributed by atoms with Crippen LogP contribution in [0.4, 0.5) is 0 Å². The van der Waals surface area contributed by atoms with Crippen molar-refractivity contribution < 1.29 is 9.53 Å². The summed E-state index contributed by atoms with van der Waals surface area (Å²) < 4.78 is 7.01. The van der Waals surface area contributed by atoms with E-state index in [-0.39, 0.29) is 11.9 Å². The van der Waals surface area contributed by atoms with Crippen LogP contribution in [-0.2, 0) is 0 Å². The molecule has 3 aromatic rings. The van der Waals surface area contributed by atoms with Crippen molar-refractivity contribution >= 4 is 5.91 Å². The minimum absolute atomic E-state index is 0.123. The molecule has 6 heteroatoms. The molecule has 0 saturated carbocycles. The largest absolute Gasteiger partial charge is 0.497 e. The molecule has 1 atom stereocenters. The summed E-state index contributed by atoms with van der Waals surface area (Å²) in [7, 11) is 1.63. The minimum Gasteiger partial charge on any atom is -0.497 e. The lowest BCUT2D eigenvalue weighted by molar-refractivity contribution is 0.0938. The molecule has 0 aliphatic heterocycles. The SMILES string of the molecule is CCN(CC)C(C)CNC(=O)c1cn(-c2ccccc2)nc1-c1ccc(OC)cc1. The van der Waals surface area contributed by atoms with Gasteiger partial charge in [-0.3, -0.25) is 9.69 Å². The molecular formula is C24H30N4O2. The van der Waals surface area contributed by atoms with E-state index in [1.165, 1.54) is 0 Å². The second-order valence-corrected chi connectivity index (χ2v) is 7.18. The van der Waals surface area contributed by atoms with Crippen LogP contribution >= 0.6 is 0 Å². The van der Waals surface area contributed by atoms with Gasteiger partial charge in [-0.25, -0.2) is 4.68 Å². The zero-order chi connectivity index (χ0) is 21.5. The van der Waals surface area contributed by atoms with Crippen molar-refractivity contribution in [3.8, 4) is 22.7 Å². The molecule has 0 spiro atoms. The van der Waals surface area contributed by atoms with Crippen molar-refractivity contribution in [3.05, 3.63) is 66.4 Å². The van der Waals surface area contributed by atoms with Crippen LogP contribution in [0.25, 0.3) is 16.9 Å². The van der Waals surface area contributed by atoms with E-state index in [1.807, 2.05) is 54.6 Å². The van der Waals surface area contributed by atoms with E-state index >= 15 is 0 Å². The summed E-state index contributed by atoms with van der Waals surface area (Å²) in [5.74, 6) is 0.641. The zero-order valence-corrected chi connectivity index (χ0v) is 18.1. The van der Waals surface area contributed by atoms with Gasteiger partial charge in [0.1, 0.15) is 11.4 Å². The predicted molar refractivity (Wildman–Crippen MR) is 120 cm³/mol. The van der Waals surface area contributed by atoms with E-state index in [0.29, 0.717) is 17.8 Å². The smallest absolute Gasteiger partial charge is 0.255 e. The number of likely N-dealkylation sites (N-methyl/N-ethyl adjacent to an activating group) is 1. The van der Waals surface area contributed by atoms with Crippen molar-refractivity contribution in [2.75, 3.05) is 26.7 Å². The molecule has 158 valence electrons. The first kappa shape index (κ1) is 21.6. The third kappa shape index (κ3) is 4.89. The van der Waals surface area contributed by atoms with Gasteiger partial charge >= 0.3 is 0 Å². The van der Waals surface area contributed by atoms with Gasteiger partial charge < -0.3 is 10.1 Å². The number of hydrogen-bond donors (Lipinski definition) is 1. The van der Waals surface area contributed by atoms with Crippen LogP contribution in [0.3, 0.4) is 0 Å². The van der Waals surface area contributed by atoms with Gasteiger partial charge in [0.15, 0.2) is 0 Å². The second kappa shape index (κ2) is 10.1. The number of hydrogen-bond acceptors (Lipinski definition) is 4. The highest BCUT2D eigenvalue weighted by molar-refractivity contribution is 6.00. The Hall–Kier alpha value is -3.12. The molecule has 1 amide bonds. The lowest BCUT2D eigenvalue weighted by Gasteiger charge is -2.26. The number of rotatable bonds is 9. The summed E-state index contributed by atoms with van der Waals surface area (Å²) in [5, 5.41) is 7.81. The molecule has 30 heavy (non-hydrogen) atoms. The molecule has 1 aromatic heterocycles. The standard InChI is InChI=1S/C24H30N4O2/c1-5-27(6-2)18(3)16-25-24(29)22-17-28(20-10-8-7-9-11-20)26-23(22)19-12-14-21(30-4)15-13-19/h7-15,17-18H,5-6,16H2,1-4H3,(H,25,29). The summed E-state index contributed by atoms with van der Waals surface area (Å²) in [6, 6.07) is 17.7. The van der Waals surface area contributed by atoms with Crippen LogP contribution in [0.2, 0.25) is 0 Å². The average Bonchev–Trinajstić information content (AvgIpc) is 3.24. The van der Waals surface area contributed by atoms with Crippen LogP contribution < -0.4 is 10.1 Å². The maximum absolute atomic E-state index is 13.1. The molecule has 0 saturated heterocycles. The van der Waals surface area contributed by atoms with Gasteiger partial charge in [-0.1, -0.05) is 32.0 Å². The number of amides is 1. The Morgan fingerprint density at radius 2 is 1.77 bits per heavy atom. The van der Waals surface area contributed by atoms with Gasteiger partial charge in [0.2, 0.25) is 0 Å². The lowest BCUT2D eigenvalue weighted by atomic mass is 10.1. The molecule has 6 nitrogen and oxygen atoms in total. The maximum atomic E-state index is 13.1. The molecule has 2 aromatic carbocycles. The van der Waals surface area contributed by atoms with Crippen LogP contribution in [0.1, 0.15) is 31.1 Å². The normalized spacial score (nSPS) is 12.0. The number of methoxy groups -OCH3 is 1. The number of nitrogens with one attached hydrogen (secondary N) is 1. The molecule has 0 fully saturated rings. The number of aromatic nitrogens is 2. The second-order valence-electron chi connectivity index (χ2n) is 7.18. The van der Waals surface area contributed by atoms with Crippen molar-refractivity contribution in [1.82, 2.24) is 20.0 Å². The maximum Gasteiger partial charge on any atom is 0.255 e. The number of para-hydroxylation sites is 1. The van der Waals surface area contributed by atoms with Crippen molar-refractivity contribution in [2.45, 2.75) is 26.8 Å². The highest BCUT2D eigenvalue weighted by Crippen LogP contribution is 2.26. The van der Waals surface area contributed by atoms with Gasteiger partial charge in [0.25, 0.3) is 5.91 Å². The Labute approximate surface area is 178 Å². The van der Waals surface area contributed by atoms with Crippen LogP contribution in [-0.4, -0.2) is 53.4 Å². The fourth-order valence-corrected chi connectivity index (χ4v) is 3.53. The van der Waals surface area contributed by atoms with Gasteiger partial charge in [0.05, 0.1) is 18.4 Å². The van der Waals surface area contributed by atoms with Gasteiger partial charge in [0, 0.05) is 24.3 Å². The van der Waals surface area contributed by atoms with E-state index in [1.54, 1.807) is 18.0 Å². The summed E-state index contributed by atoms with van der Waals surface area (Å²) in [6.45, 7) is 8.89. The third-order valence-corrected chi connectivity index (χ3v) is 5.34. The molecule has 0 aliphatic carbocycles. The Bertz CT molecular complexity index is 947. The van der Waals surface area contributed by atoms with Crippen LogP contribution in [0.15, 0.2) is 60.8 Å². The monoisotopic (exact) mass is 406 g/mol. The topological polar surface area (TPSA) is 59.4 Å². The Kier molecular flexibility index (Phi) is 7.25. The average molecular weight is 407 g/mol. The number of benzene rings is 2. The first-order valence-corrected chi connectivity index (χ1v) is 10.4. The Morgan fingerprint density at radius 3 is 2.37 bits per heavy atom. The zero-order valence-electron chi connectivity index (χ0n) is 18.1. The highest BCUT2D eigenvalue weighted by atomic mass is 16.5. The molecule has 1 unspecified atom stereocenters. The summed E-state index contributed by atoms with van der Waals surface area (Å²) >= 11 is 0. The van der Waals surface area contributed by atoms with Gasteiger partial charge in [-0.2, -0.15) is 5.10 Å². The minimum atomic E-state index is -0.123. The van der Waals surface area contributed by atoms with E-state index in [2.05, 4.69) is 31.0 Å². The summed E-state index contributed by atoms with van der Waals surface area (Å²) in [5.41, 5.74) is 2.97. The van der Waals surface area contributed by atoms with Gasteiger partial charge in [-0.15, -0.1) is 0 Å². The summed E-state index contributed by atoms with van der Waals surface area (Å²) in [6.07, 6.45) is 1.80.